The lowest BCUT2D eigenvalue weighted by molar-refractivity contribution is -0.139. The van der Waals surface area contributed by atoms with Crippen LogP contribution in [0.15, 0.2) is 48.5 Å². The van der Waals surface area contributed by atoms with E-state index in [9.17, 15) is 9.59 Å². The second-order valence-electron chi connectivity index (χ2n) is 8.24. The second-order valence-corrected chi connectivity index (χ2v) is 8.24. The number of nitrogens with two attached hydrogens (primary N) is 1. The number of carbonyl (C=O) groups is 2. The number of aromatic nitrogens is 1. The van der Waals surface area contributed by atoms with Gasteiger partial charge in [-0.25, -0.2) is 5.48 Å². The third kappa shape index (κ3) is 4.15. The van der Waals surface area contributed by atoms with Crippen LogP contribution >= 0.6 is 0 Å². The number of hydroxylamine groups is 1. The molecule has 1 aliphatic rings. The minimum Gasteiger partial charge on any atom is -0.489 e. The summed E-state index contributed by atoms with van der Waals surface area (Å²) in [7, 11) is 0. The molecule has 1 atom stereocenters. The highest BCUT2D eigenvalue weighted by Crippen LogP contribution is 2.32. The number of hydrogen-bond acceptors (Lipinski definition) is 6. The van der Waals surface area contributed by atoms with Crippen molar-refractivity contribution in [2.75, 3.05) is 13.1 Å². The summed E-state index contributed by atoms with van der Waals surface area (Å²) in [5, 5.41) is 9.76. The molecule has 0 saturated carbocycles. The van der Waals surface area contributed by atoms with Crippen LogP contribution < -0.4 is 16.0 Å². The van der Waals surface area contributed by atoms with Gasteiger partial charge in [-0.1, -0.05) is 23.8 Å². The Balaban J connectivity index is 1.48. The molecule has 8 nitrogen and oxygen atoms in total. The van der Waals surface area contributed by atoms with Crippen LogP contribution in [0.3, 0.4) is 0 Å². The SMILES string of the molecule is Cc1ccc2nc(C)cc(COc3ccc(C4(N)CCN(CC(=O)NO)C4=O)cc3)c2c1. The molecule has 4 N–H and O–H groups in total. The van der Waals surface area contributed by atoms with Crippen molar-refractivity contribution in [2.24, 2.45) is 5.73 Å². The molecule has 1 saturated heterocycles. The predicted octanol–water partition coefficient (Wildman–Crippen LogP) is 2.32. The van der Waals surface area contributed by atoms with Crippen molar-refractivity contribution in [1.82, 2.24) is 15.4 Å². The Bertz CT molecular complexity index is 1180. The van der Waals surface area contributed by atoms with Crippen LogP contribution in [0.5, 0.6) is 5.75 Å². The van der Waals surface area contributed by atoms with Crippen molar-refractivity contribution in [3.05, 3.63) is 70.9 Å². The number of carbonyl (C=O) groups excluding carboxylic acids is 2. The average Bonchev–Trinajstić information content (AvgIpc) is 3.07. The van der Waals surface area contributed by atoms with Crippen LogP contribution in [0.1, 0.15) is 28.8 Å². The molecule has 166 valence electrons. The fourth-order valence-electron chi connectivity index (χ4n) is 4.12. The molecule has 1 aromatic heterocycles. The average molecular weight is 434 g/mol. The summed E-state index contributed by atoms with van der Waals surface area (Å²) in [4.78, 5) is 30.1. The third-order valence-electron chi connectivity index (χ3n) is 5.85. The van der Waals surface area contributed by atoms with E-state index in [0.29, 0.717) is 30.9 Å². The van der Waals surface area contributed by atoms with Gasteiger partial charge in [0.15, 0.2) is 0 Å². The minimum atomic E-state index is -1.20. The van der Waals surface area contributed by atoms with E-state index in [-0.39, 0.29) is 12.5 Å². The first-order valence-electron chi connectivity index (χ1n) is 10.4. The van der Waals surface area contributed by atoms with Crippen molar-refractivity contribution in [3.8, 4) is 5.75 Å². The highest BCUT2D eigenvalue weighted by molar-refractivity contribution is 5.92. The molecular formula is C24H26N4O4. The first-order chi connectivity index (χ1) is 15.3. The van der Waals surface area contributed by atoms with Gasteiger partial charge < -0.3 is 15.4 Å². The first-order valence-corrected chi connectivity index (χ1v) is 10.4. The van der Waals surface area contributed by atoms with Crippen LogP contribution in [0.25, 0.3) is 10.9 Å². The van der Waals surface area contributed by atoms with E-state index in [1.807, 2.05) is 32.0 Å². The molecular weight excluding hydrogens is 408 g/mol. The zero-order chi connectivity index (χ0) is 22.9. The van der Waals surface area contributed by atoms with Crippen LogP contribution in [-0.2, 0) is 21.7 Å². The number of likely N-dealkylation sites (tertiary alicyclic amines) is 1. The maximum absolute atomic E-state index is 12.8. The summed E-state index contributed by atoms with van der Waals surface area (Å²) in [5.41, 5.74) is 11.5. The Morgan fingerprint density at radius 2 is 1.97 bits per heavy atom. The lowest BCUT2D eigenvalue weighted by Crippen LogP contribution is -2.47. The number of nitrogens with one attached hydrogen (secondary N) is 1. The Hall–Kier alpha value is -3.49. The van der Waals surface area contributed by atoms with Crippen LogP contribution in [0, 0.1) is 13.8 Å². The summed E-state index contributed by atoms with van der Waals surface area (Å²) >= 11 is 0. The topological polar surface area (TPSA) is 118 Å². The van der Waals surface area contributed by atoms with Gasteiger partial charge in [0, 0.05) is 23.2 Å². The Morgan fingerprint density at radius 1 is 1.22 bits per heavy atom. The van der Waals surface area contributed by atoms with Crippen LogP contribution in [0.2, 0.25) is 0 Å². The standard InChI is InChI=1S/C24H26N4O4/c1-15-3-8-21-20(11-15)17(12-16(2)26-21)14-32-19-6-4-18(5-7-19)24(25)9-10-28(23(24)30)13-22(29)27-31/h3-8,11-12,31H,9-10,13-14,25H2,1-2H3,(H,27,29). The van der Waals surface area contributed by atoms with E-state index in [0.717, 1.165) is 27.7 Å². The Kier molecular flexibility index (Phi) is 5.82. The number of nitrogens with zero attached hydrogens (tertiary/aromatic N) is 2. The monoisotopic (exact) mass is 434 g/mol. The molecule has 0 aliphatic carbocycles. The minimum absolute atomic E-state index is 0.228. The molecule has 8 heteroatoms. The zero-order valence-electron chi connectivity index (χ0n) is 18.1. The van der Waals surface area contributed by atoms with Gasteiger partial charge in [0.05, 0.1) is 5.52 Å². The van der Waals surface area contributed by atoms with E-state index in [2.05, 4.69) is 11.1 Å². The summed E-state index contributed by atoms with van der Waals surface area (Å²) in [6.45, 7) is 4.51. The first kappa shape index (κ1) is 21.7. The van der Waals surface area contributed by atoms with Crippen molar-refractivity contribution in [3.63, 3.8) is 0 Å². The van der Waals surface area contributed by atoms with Crippen LogP contribution in [-0.4, -0.2) is 40.0 Å². The van der Waals surface area contributed by atoms with Gasteiger partial charge in [-0.3, -0.25) is 19.8 Å². The number of ether oxygens (including phenoxy) is 1. The summed E-state index contributed by atoms with van der Waals surface area (Å²) in [6, 6.07) is 15.3. The van der Waals surface area contributed by atoms with Gasteiger partial charge >= 0.3 is 0 Å². The molecule has 0 radical (unpaired) electrons. The van der Waals surface area contributed by atoms with Gasteiger partial charge in [-0.05, 0) is 56.2 Å². The lowest BCUT2D eigenvalue weighted by Gasteiger charge is -2.24. The molecule has 1 aliphatic heterocycles. The molecule has 1 unspecified atom stereocenters. The van der Waals surface area contributed by atoms with Crippen molar-refractivity contribution >= 4 is 22.7 Å². The summed E-state index contributed by atoms with van der Waals surface area (Å²) in [6.07, 6.45) is 0.381. The summed E-state index contributed by atoms with van der Waals surface area (Å²) in [5.74, 6) is -0.334. The number of pyridine rings is 1. The number of benzene rings is 2. The molecule has 0 bridgehead atoms. The van der Waals surface area contributed by atoms with Gasteiger partial charge in [0.2, 0.25) is 5.91 Å². The predicted molar refractivity (Wildman–Crippen MR) is 119 cm³/mol. The Morgan fingerprint density at radius 3 is 2.69 bits per heavy atom. The maximum Gasteiger partial charge on any atom is 0.262 e. The number of hydrogen-bond donors (Lipinski definition) is 3. The number of aryl methyl sites for hydroxylation is 2. The van der Waals surface area contributed by atoms with Crippen molar-refractivity contribution in [2.45, 2.75) is 32.4 Å². The zero-order valence-corrected chi connectivity index (χ0v) is 18.1. The highest BCUT2D eigenvalue weighted by Gasteiger charge is 2.45. The van der Waals surface area contributed by atoms with Gasteiger partial charge in [-0.15, -0.1) is 0 Å². The third-order valence-corrected chi connectivity index (χ3v) is 5.85. The molecule has 2 aromatic carbocycles. The number of fused-ring (bicyclic) bond motifs is 1. The molecule has 2 heterocycles. The molecule has 1 fully saturated rings. The molecule has 32 heavy (non-hydrogen) atoms. The summed E-state index contributed by atoms with van der Waals surface area (Å²) < 4.78 is 6.02. The van der Waals surface area contributed by atoms with Gasteiger partial charge in [0.1, 0.15) is 24.4 Å². The van der Waals surface area contributed by atoms with E-state index in [1.54, 1.807) is 24.3 Å². The quantitative estimate of drug-likeness (QED) is 0.405. The number of rotatable bonds is 6. The van der Waals surface area contributed by atoms with Gasteiger partial charge in [0.25, 0.3) is 5.91 Å². The van der Waals surface area contributed by atoms with Crippen LogP contribution in [0.4, 0.5) is 0 Å². The van der Waals surface area contributed by atoms with E-state index < -0.39 is 11.4 Å². The van der Waals surface area contributed by atoms with E-state index in [1.165, 1.54) is 10.4 Å². The Labute approximate surface area is 186 Å². The number of amides is 2. The highest BCUT2D eigenvalue weighted by atomic mass is 16.5. The largest absolute Gasteiger partial charge is 0.489 e. The molecule has 2 amide bonds. The molecule has 3 aromatic rings. The maximum atomic E-state index is 12.8. The smallest absolute Gasteiger partial charge is 0.262 e. The lowest BCUT2D eigenvalue weighted by atomic mass is 9.89. The van der Waals surface area contributed by atoms with Gasteiger partial charge in [-0.2, -0.15) is 0 Å². The van der Waals surface area contributed by atoms with Crippen molar-refractivity contribution in [1.29, 1.82) is 0 Å². The molecule has 0 spiro atoms. The molecule has 4 rings (SSSR count). The fourth-order valence-corrected chi connectivity index (χ4v) is 4.12. The normalized spacial score (nSPS) is 18.2. The fraction of sp³-hybridized carbons (Fsp3) is 0.292. The van der Waals surface area contributed by atoms with E-state index >= 15 is 0 Å². The second kappa shape index (κ2) is 8.57. The van der Waals surface area contributed by atoms with E-state index in [4.69, 9.17) is 15.7 Å². The van der Waals surface area contributed by atoms with Crippen molar-refractivity contribution < 1.29 is 19.5 Å².